The topological polar surface area (TPSA) is 0 Å². The fourth-order valence-electron chi connectivity index (χ4n) is 1.10. The Morgan fingerprint density at radius 1 is 0.923 bits per heavy atom. The number of rotatable bonds is 8. The van der Waals surface area contributed by atoms with Crippen LogP contribution in [0.15, 0.2) is 24.3 Å². The Bertz CT molecular complexity index is 136. The second-order valence-electron chi connectivity index (χ2n) is 3.16. The third-order valence-corrected chi connectivity index (χ3v) is 2.14. The van der Waals surface area contributed by atoms with E-state index in [4.69, 9.17) is 11.6 Å². The molecular weight excluding hydrogens is 180 g/mol. The van der Waals surface area contributed by atoms with Gasteiger partial charge in [-0.1, -0.05) is 44.1 Å². The number of hydrogen-bond donors (Lipinski definition) is 0. The van der Waals surface area contributed by atoms with Crippen molar-refractivity contribution in [3.63, 3.8) is 0 Å². The number of allylic oxidation sites excluding steroid dienone is 4. The lowest BCUT2D eigenvalue weighted by atomic mass is 10.1. The molecule has 0 unspecified atom stereocenters. The summed E-state index contributed by atoms with van der Waals surface area (Å²) in [6.07, 6.45) is 16.1. The number of halogens is 1. The Morgan fingerprint density at radius 2 is 1.62 bits per heavy atom. The van der Waals surface area contributed by atoms with Gasteiger partial charge < -0.3 is 0 Å². The first-order valence-electron chi connectivity index (χ1n) is 5.29. The predicted molar refractivity (Wildman–Crippen MR) is 62.4 cm³/mol. The molecule has 0 atom stereocenters. The van der Waals surface area contributed by atoms with Gasteiger partial charge in [0.15, 0.2) is 0 Å². The van der Waals surface area contributed by atoms with Crippen LogP contribution in [0.2, 0.25) is 0 Å². The molecule has 0 aliphatic carbocycles. The van der Waals surface area contributed by atoms with Gasteiger partial charge in [0.25, 0.3) is 0 Å². The molecule has 0 aromatic heterocycles. The number of hydrogen-bond acceptors (Lipinski definition) is 0. The molecule has 0 nitrogen and oxygen atoms in total. The Morgan fingerprint density at radius 3 is 2.31 bits per heavy atom. The van der Waals surface area contributed by atoms with Gasteiger partial charge in [-0.25, -0.2) is 0 Å². The molecule has 0 radical (unpaired) electrons. The van der Waals surface area contributed by atoms with E-state index in [2.05, 4.69) is 31.2 Å². The van der Waals surface area contributed by atoms with Crippen molar-refractivity contribution >= 4 is 11.6 Å². The SMILES string of the molecule is CC/C=C\C=C\CCCCCCCl. The number of alkyl halides is 1. The monoisotopic (exact) mass is 200 g/mol. The molecule has 0 aromatic carbocycles. The molecule has 0 saturated carbocycles. The fraction of sp³-hybridized carbons (Fsp3) is 0.667. The lowest BCUT2D eigenvalue weighted by Gasteiger charge is -1.94. The smallest absolute Gasteiger partial charge is 0.0223 e. The molecule has 0 aromatic rings. The van der Waals surface area contributed by atoms with Gasteiger partial charge in [-0.05, 0) is 25.7 Å². The largest absolute Gasteiger partial charge is 0.127 e. The summed E-state index contributed by atoms with van der Waals surface area (Å²) in [6.45, 7) is 2.15. The highest BCUT2D eigenvalue weighted by molar-refractivity contribution is 6.17. The van der Waals surface area contributed by atoms with Gasteiger partial charge in [-0.15, -0.1) is 11.6 Å². The van der Waals surface area contributed by atoms with E-state index in [-0.39, 0.29) is 0 Å². The van der Waals surface area contributed by atoms with E-state index in [0.717, 1.165) is 12.3 Å². The summed E-state index contributed by atoms with van der Waals surface area (Å²) in [5.74, 6) is 0.815. The molecule has 0 saturated heterocycles. The molecule has 0 aliphatic rings. The highest BCUT2D eigenvalue weighted by Gasteiger charge is 1.86. The van der Waals surface area contributed by atoms with Crippen LogP contribution in [0.4, 0.5) is 0 Å². The predicted octanol–water partition coefficient (Wildman–Crippen LogP) is 4.70. The van der Waals surface area contributed by atoms with Crippen LogP contribution in [0.25, 0.3) is 0 Å². The van der Waals surface area contributed by atoms with E-state index in [1.165, 1.54) is 32.1 Å². The van der Waals surface area contributed by atoms with E-state index in [9.17, 15) is 0 Å². The minimum Gasteiger partial charge on any atom is -0.127 e. The van der Waals surface area contributed by atoms with Crippen LogP contribution in [-0.4, -0.2) is 5.88 Å². The standard InChI is InChI=1S/C12H21Cl/c1-2-3-4-5-6-7-8-9-10-11-12-13/h3-6H,2,7-12H2,1H3/b4-3-,6-5+. The van der Waals surface area contributed by atoms with E-state index in [1.807, 2.05) is 0 Å². The van der Waals surface area contributed by atoms with Crippen molar-refractivity contribution in [1.29, 1.82) is 0 Å². The van der Waals surface area contributed by atoms with Crippen molar-refractivity contribution in [3.05, 3.63) is 24.3 Å². The van der Waals surface area contributed by atoms with Crippen molar-refractivity contribution in [2.45, 2.75) is 45.4 Å². The molecule has 0 aliphatic heterocycles. The normalized spacial score (nSPS) is 11.8. The summed E-state index contributed by atoms with van der Waals surface area (Å²) in [6, 6.07) is 0. The van der Waals surface area contributed by atoms with Gasteiger partial charge in [-0.3, -0.25) is 0 Å². The van der Waals surface area contributed by atoms with Crippen LogP contribution in [0.1, 0.15) is 45.4 Å². The minimum atomic E-state index is 0.815. The molecule has 0 rings (SSSR count). The summed E-state index contributed by atoms with van der Waals surface area (Å²) >= 11 is 5.58. The molecule has 0 bridgehead atoms. The molecular formula is C12H21Cl. The number of unbranched alkanes of at least 4 members (excludes halogenated alkanes) is 4. The molecule has 0 amide bonds. The van der Waals surface area contributed by atoms with E-state index >= 15 is 0 Å². The van der Waals surface area contributed by atoms with Gasteiger partial charge in [0.2, 0.25) is 0 Å². The van der Waals surface area contributed by atoms with E-state index < -0.39 is 0 Å². The second kappa shape index (κ2) is 11.8. The van der Waals surface area contributed by atoms with Gasteiger partial charge in [0.05, 0.1) is 0 Å². The van der Waals surface area contributed by atoms with Crippen LogP contribution in [0.3, 0.4) is 0 Å². The zero-order valence-corrected chi connectivity index (χ0v) is 9.39. The maximum Gasteiger partial charge on any atom is 0.0223 e. The molecule has 1 heteroatoms. The summed E-state index contributed by atoms with van der Waals surface area (Å²) in [4.78, 5) is 0. The highest BCUT2D eigenvalue weighted by atomic mass is 35.5. The molecule has 76 valence electrons. The summed E-state index contributed by atoms with van der Waals surface area (Å²) < 4.78 is 0. The van der Waals surface area contributed by atoms with Crippen molar-refractivity contribution in [1.82, 2.24) is 0 Å². The van der Waals surface area contributed by atoms with Crippen molar-refractivity contribution in [3.8, 4) is 0 Å². The minimum absolute atomic E-state index is 0.815. The van der Waals surface area contributed by atoms with Gasteiger partial charge in [-0.2, -0.15) is 0 Å². The highest BCUT2D eigenvalue weighted by Crippen LogP contribution is 2.04. The van der Waals surface area contributed by atoms with Crippen LogP contribution in [0.5, 0.6) is 0 Å². The first kappa shape index (κ1) is 12.8. The van der Waals surface area contributed by atoms with Crippen molar-refractivity contribution in [2.24, 2.45) is 0 Å². The second-order valence-corrected chi connectivity index (χ2v) is 3.53. The fourth-order valence-corrected chi connectivity index (χ4v) is 1.29. The Hall–Kier alpha value is -0.230. The van der Waals surface area contributed by atoms with Crippen LogP contribution >= 0.6 is 11.6 Å². The van der Waals surface area contributed by atoms with Crippen molar-refractivity contribution in [2.75, 3.05) is 5.88 Å². The Balaban J connectivity index is 3.06. The lowest BCUT2D eigenvalue weighted by molar-refractivity contribution is 0.677. The molecule has 0 heterocycles. The average molecular weight is 201 g/mol. The van der Waals surface area contributed by atoms with E-state index in [0.29, 0.717) is 0 Å². The summed E-state index contributed by atoms with van der Waals surface area (Å²) in [7, 11) is 0. The molecule has 0 N–H and O–H groups in total. The van der Waals surface area contributed by atoms with E-state index in [1.54, 1.807) is 0 Å². The first-order valence-corrected chi connectivity index (χ1v) is 5.83. The average Bonchev–Trinajstić information content (AvgIpc) is 2.16. The molecule has 0 spiro atoms. The maximum atomic E-state index is 5.58. The zero-order valence-electron chi connectivity index (χ0n) is 8.64. The lowest BCUT2D eigenvalue weighted by Crippen LogP contribution is -1.77. The maximum absolute atomic E-state index is 5.58. The Labute approximate surface area is 87.7 Å². The zero-order chi connectivity index (χ0) is 9.78. The first-order chi connectivity index (χ1) is 6.41. The third kappa shape index (κ3) is 11.8. The van der Waals surface area contributed by atoms with Gasteiger partial charge in [0, 0.05) is 5.88 Å². The Kier molecular flexibility index (Phi) is 11.6. The van der Waals surface area contributed by atoms with Crippen LogP contribution in [-0.2, 0) is 0 Å². The third-order valence-electron chi connectivity index (χ3n) is 1.87. The van der Waals surface area contributed by atoms with Crippen LogP contribution in [0, 0.1) is 0 Å². The van der Waals surface area contributed by atoms with Gasteiger partial charge >= 0.3 is 0 Å². The van der Waals surface area contributed by atoms with Gasteiger partial charge in [0.1, 0.15) is 0 Å². The van der Waals surface area contributed by atoms with Crippen molar-refractivity contribution < 1.29 is 0 Å². The summed E-state index contributed by atoms with van der Waals surface area (Å²) in [5, 5.41) is 0. The molecule has 0 fully saturated rings. The summed E-state index contributed by atoms with van der Waals surface area (Å²) in [5.41, 5.74) is 0. The quantitative estimate of drug-likeness (QED) is 0.303. The van der Waals surface area contributed by atoms with Crippen LogP contribution < -0.4 is 0 Å². The molecule has 13 heavy (non-hydrogen) atoms.